The van der Waals surface area contributed by atoms with Crippen molar-refractivity contribution < 1.29 is 9.31 Å². The number of hydrogen-bond acceptors (Lipinski definition) is 3. The minimum Gasteiger partial charge on any atom is -0.399 e. The standard InChI is InChI=1S/C15H24BNO2/c1-11(2)9-13-10-12(7-8-17-13)16-18-14(3,4)15(5,6)19-16/h7-8,10-11H,9H2,1-6H3. The number of aromatic nitrogens is 1. The fourth-order valence-electron chi connectivity index (χ4n) is 2.15. The van der Waals surface area contributed by atoms with Crippen LogP contribution in [-0.2, 0) is 15.7 Å². The molecule has 0 radical (unpaired) electrons. The van der Waals surface area contributed by atoms with Gasteiger partial charge in [-0.25, -0.2) is 0 Å². The Morgan fingerprint density at radius 3 is 2.26 bits per heavy atom. The van der Waals surface area contributed by atoms with Gasteiger partial charge in [0.15, 0.2) is 0 Å². The van der Waals surface area contributed by atoms with E-state index in [-0.39, 0.29) is 18.3 Å². The van der Waals surface area contributed by atoms with Crippen LogP contribution in [0.15, 0.2) is 18.3 Å². The summed E-state index contributed by atoms with van der Waals surface area (Å²) >= 11 is 0. The van der Waals surface area contributed by atoms with Gasteiger partial charge in [0.25, 0.3) is 0 Å². The molecule has 3 nitrogen and oxygen atoms in total. The Balaban J connectivity index is 2.20. The first-order chi connectivity index (χ1) is 8.71. The Morgan fingerprint density at radius 1 is 1.16 bits per heavy atom. The third-order valence-corrected chi connectivity index (χ3v) is 3.98. The average Bonchev–Trinajstić information content (AvgIpc) is 2.47. The van der Waals surface area contributed by atoms with E-state index in [9.17, 15) is 0 Å². The Kier molecular flexibility index (Phi) is 3.76. The van der Waals surface area contributed by atoms with E-state index in [4.69, 9.17) is 9.31 Å². The third kappa shape index (κ3) is 3.01. The molecule has 1 aromatic heterocycles. The second kappa shape index (κ2) is 4.91. The van der Waals surface area contributed by atoms with Crippen LogP contribution < -0.4 is 5.46 Å². The Bertz CT molecular complexity index is 441. The largest absolute Gasteiger partial charge is 0.494 e. The Morgan fingerprint density at radius 2 is 1.74 bits per heavy atom. The van der Waals surface area contributed by atoms with E-state index in [1.807, 2.05) is 12.3 Å². The smallest absolute Gasteiger partial charge is 0.399 e. The molecule has 1 saturated heterocycles. The van der Waals surface area contributed by atoms with Crippen molar-refractivity contribution in [1.82, 2.24) is 4.98 Å². The average molecular weight is 261 g/mol. The predicted molar refractivity (Wildman–Crippen MR) is 78.5 cm³/mol. The molecule has 0 saturated carbocycles. The van der Waals surface area contributed by atoms with E-state index in [0.717, 1.165) is 17.6 Å². The molecule has 19 heavy (non-hydrogen) atoms. The Hall–Kier alpha value is -0.865. The molecule has 0 bridgehead atoms. The molecular formula is C15H24BNO2. The van der Waals surface area contributed by atoms with Crippen LogP contribution in [0.4, 0.5) is 0 Å². The molecule has 0 N–H and O–H groups in total. The van der Waals surface area contributed by atoms with Crippen molar-refractivity contribution in [2.75, 3.05) is 0 Å². The van der Waals surface area contributed by atoms with Gasteiger partial charge >= 0.3 is 7.12 Å². The predicted octanol–water partition coefficient (Wildman–Crippen LogP) is 2.58. The number of nitrogens with zero attached hydrogens (tertiary/aromatic N) is 1. The van der Waals surface area contributed by atoms with E-state index in [1.54, 1.807) is 0 Å². The van der Waals surface area contributed by atoms with Gasteiger partial charge in [-0.1, -0.05) is 13.8 Å². The number of rotatable bonds is 3. The number of pyridine rings is 1. The molecule has 4 heteroatoms. The van der Waals surface area contributed by atoms with Gasteiger partial charge in [-0.15, -0.1) is 0 Å². The lowest BCUT2D eigenvalue weighted by molar-refractivity contribution is 0.00578. The summed E-state index contributed by atoms with van der Waals surface area (Å²) in [6.07, 6.45) is 2.82. The van der Waals surface area contributed by atoms with Crippen LogP contribution in [0.3, 0.4) is 0 Å². The summed E-state index contributed by atoms with van der Waals surface area (Å²) in [4.78, 5) is 4.41. The maximum atomic E-state index is 6.06. The molecule has 2 heterocycles. The van der Waals surface area contributed by atoms with E-state index in [2.05, 4.69) is 52.6 Å². The van der Waals surface area contributed by atoms with Gasteiger partial charge < -0.3 is 9.31 Å². The minimum atomic E-state index is -0.293. The summed E-state index contributed by atoms with van der Waals surface area (Å²) in [5.41, 5.74) is 1.57. The fraction of sp³-hybridized carbons (Fsp3) is 0.667. The maximum Gasteiger partial charge on any atom is 0.494 e. The van der Waals surface area contributed by atoms with Crippen molar-refractivity contribution in [3.63, 3.8) is 0 Å². The van der Waals surface area contributed by atoms with Crippen LogP contribution in [0, 0.1) is 5.92 Å². The van der Waals surface area contributed by atoms with Crippen molar-refractivity contribution in [2.45, 2.75) is 59.2 Å². The van der Waals surface area contributed by atoms with E-state index < -0.39 is 0 Å². The summed E-state index contributed by atoms with van der Waals surface area (Å²) in [6, 6.07) is 4.08. The molecular weight excluding hydrogens is 237 g/mol. The van der Waals surface area contributed by atoms with Gasteiger partial charge in [0.05, 0.1) is 11.2 Å². The quantitative estimate of drug-likeness (QED) is 0.784. The highest BCUT2D eigenvalue weighted by Crippen LogP contribution is 2.36. The zero-order valence-electron chi connectivity index (χ0n) is 12.9. The molecule has 0 amide bonds. The highest BCUT2D eigenvalue weighted by molar-refractivity contribution is 6.62. The van der Waals surface area contributed by atoms with Crippen molar-refractivity contribution in [3.8, 4) is 0 Å². The minimum absolute atomic E-state index is 0.293. The monoisotopic (exact) mass is 261 g/mol. The summed E-state index contributed by atoms with van der Waals surface area (Å²) in [7, 11) is -0.293. The summed E-state index contributed by atoms with van der Waals surface area (Å²) in [6.45, 7) is 12.7. The zero-order valence-corrected chi connectivity index (χ0v) is 12.9. The zero-order chi connectivity index (χ0) is 14.3. The molecule has 1 aliphatic heterocycles. The van der Waals surface area contributed by atoms with Crippen LogP contribution in [0.1, 0.15) is 47.2 Å². The molecule has 104 valence electrons. The molecule has 0 unspecified atom stereocenters. The van der Waals surface area contributed by atoms with Gasteiger partial charge in [0.1, 0.15) is 0 Å². The van der Waals surface area contributed by atoms with Crippen LogP contribution in [0.2, 0.25) is 0 Å². The molecule has 1 aliphatic rings. The van der Waals surface area contributed by atoms with Crippen molar-refractivity contribution >= 4 is 12.6 Å². The first-order valence-electron chi connectivity index (χ1n) is 7.02. The fourth-order valence-corrected chi connectivity index (χ4v) is 2.15. The highest BCUT2D eigenvalue weighted by Gasteiger charge is 2.51. The van der Waals surface area contributed by atoms with E-state index in [1.165, 1.54) is 0 Å². The number of hydrogen-bond donors (Lipinski definition) is 0. The summed E-state index contributed by atoms with van der Waals surface area (Å²) < 4.78 is 12.1. The molecule has 0 spiro atoms. The lowest BCUT2D eigenvalue weighted by Crippen LogP contribution is -2.41. The molecule has 2 rings (SSSR count). The Labute approximate surface area is 116 Å². The second-order valence-electron chi connectivity index (χ2n) is 6.77. The normalized spacial score (nSPS) is 21.1. The SMILES string of the molecule is CC(C)Cc1cc(B2OC(C)(C)C(C)(C)O2)ccn1. The molecule has 1 aromatic rings. The first kappa shape index (κ1) is 14.5. The van der Waals surface area contributed by atoms with Gasteiger partial charge in [-0.2, -0.15) is 0 Å². The van der Waals surface area contributed by atoms with Gasteiger partial charge in [-0.3, -0.25) is 4.98 Å². The van der Waals surface area contributed by atoms with Crippen LogP contribution in [-0.4, -0.2) is 23.3 Å². The summed E-state index contributed by atoms with van der Waals surface area (Å²) in [5, 5.41) is 0. The molecule has 1 fully saturated rings. The van der Waals surface area contributed by atoms with E-state index in [0.29, 0.717) is 5.92 Å². The van der Waals surface area contributed by atoms with Gasteiger partial charge in [0, 0.05) is 11.9 Å². The van der Waals surface area contributed by atoms with Gasteiger partial charge in [0.2, 0.25) is 0 Å². The van der Waals surface area contributed by atoms with Crippen molar-refractivity contribution in [3.05, 3.63) is 24.0 Å². The topological polar surface area (TPSA) is 31.4 Å². The van der Waals surface area contributed by atoms with Crippen LogP contribution >= 0.6 is 0 Å². The van der Waals surface area contributed by atoms with E-state index >= 15 is 0 Å². The molecule has 0 aromatic carbocycles. The lowest BCUT2D eigenvalue weighted by atomic mass is 9.79. The third-order valence-electron chi connectivity index (χ3n) is 3.98. The highest BCUT2D eigenvalue weighted by atomic mass is 16.7. The van der Waals surface area contributed by atoms with Crippen molar-refractivity contribution in [2.24, 2.45) is 5.92 Å². The molecule has 0 atom stereocenters. The first-order valence-corrected chi connectivity index (χ1v) is 7.02. The van der Waals surface area contributed by atoms with Crippen LogP contribution in [0.25, 0.3) is 0 Å². The maximum absolute atomic E-state index is 6.06. The van der Waals surface area contributed by atoms with Crippen LogP contribution in [0.5, 0.6) is 0 Å². The lowest BCUT2D eigenvalue weighted by Gasteiger charge is -2.32. The molecule has 0 aliphatic carbocycles. The summed E-state index contributed by atoms with van der Waals surface area (Å²) in [5.74, 6) is 0.598. The van der Waals surface area contributed by atoms with Gasteiger partial charge in [-0.05, 0) is 57.6 Å². The second-order valence-corrected chi connectivity index (χ2v) is 6.77. The van der Waals surface area contributed by atoms with Crippen molar-refractivity contribution in [1.29, 1.82) is 0 Å².